The van der Waals surface area contributed by atoms with Crippen LogP contribution >= 0.6 is 11.3 Å². The van der Waals surface area contributed by atoms with E-state index in [1.165, 1.54) is 0 Å². The molecule has 5 nitrogen and oxygen atoms in total. The molecule has 0 N–H and O–H groups in total. The minimum Gasteiger partial charge on any atom is -0.456 e. The van der Waals surface area contributed by atoms with Gasteiger partial charge in [-0.3, -0.25) is 9.59 Å². The van der Waals surface area contributed by atoms with Crippen molar-refractivity contribution in [2.45, 2.75) is 6.92 Å². The highest BCUT2D eigenvalue weighted by atomic mass is 32.1. The lowest BCUT2D eigenvalue weighted by molar-refractivity contribution is -0.120. The number of fused-ring (bicyclic) bond motifs is 1. The molecule has 0 bridgehead atoms. The largest absolute Gasteiger partial charge is 0.456 e. The van der Waals surface area contributed by atoms with E-state index in [4.69, 9.17) is 4.42 Å². The molecule has 22 heavy (non-hydrogen) atoms. The lowest BCUT2D eigenvalue weighted by Crippen LogP contribution is -2.35. The molecule has 2 atom stereocenters. The molecule has 2 aromatic rings. The van der Waals surface area contributed by atoms with E-state index in [2.05, 4.69) is 0 Å². The van der Waals surface area contributed by atoms with Crippen LogP contribution in [0.5, 0.6) is 0 Å². The normalized spacial score (nSPS) is 24.1. The van der Waals surface area contributed by atoms with Gasteiger partial charge in [0.25, 0.3) is 5.91 Å². The molecule has 2 aliphatic heterocycles. The van der Waals surface area contributed by atoms with Gasteiger partial charge in [-0.05, 0) is 30.5 Å². The van der Waals surface area contributed by atoms with Gasteiger partial charge in [0.15, 0.2) is 5.76 Å². The van der Waals surface area contributed by atoms with Crippen molar-refractivity contribution in [3.63, 3.8) is 0 Å². The van der Waals surface area contributed by atoms with E-state index in [1.807, 2.05) is 28.7 Å². The van der Waals surface area contributed by atoms with Gasteiger partial charge in [0.1, 0.15) is 5.76 Å². The summed E-state index contributed by atoms with van der Waals surface area (Å²) in [6.45, 7) is 3.62. The van der Waals surface area contributed by atoms with Crippen molar-refractivity contribution >= 4 is 28.8 Å². The molecule has 0 aromatic carbocycles. The van der Waals surface area contributed by atoms with E-state index in [9.17, 15) is 9.59 Å². The average Bonchev–Trinajstić information content (AvgIpc) is 3.24. The number of likely N-dealkylation sites (tertiary alicyclic amines) is 1. The van der Waals surface area contributed by atoms with E-state index < -0.39 is 0 Å². The molecule has 0 unspecified atom stereocenters. The van der Waals surface area contributed by atoms with Crippen LogP contribution < -0.4 is 4.90 Å². The van der Waals surface area contributed by atoms with Crippen molar-refractivity contribution in [3.05, 3.63) is 40.5 Å². The number of hydrogen-bond donors (Lipinski definition) is 0. The zero-order valence-corrected chi connectivity index (χ0v) is 13.0. The second-order valence-corrected chi connectivity index (χ2v) is 6.70. The van der Waals surface area contributed by atoms with E-state index in [1.54, 1.807) is 28.4 Å². The Labute approximate surface area is 132 Å². The number of amides is 2. The summed E-state index contributed by atoms with van der Waals surface area (Å²) >= 11 is 1.59. The summed E-state index contributed by atoms with van der Waals surface area (Å²) < 4.78 is 5.40. The molecular formula is C16H16N2O3S. The number of nitrogens with zero attached hydrogens (tertiary/aromatic N) is 2. The van der Waals surface area contributed by atoms with Crippen molar-refractivity contribution in [2.75, 3.05) is 24.5 Å². The third kappa shape index (κ3) is 2.06. The summed E-state index contributed by atoms with van der Waals surface area (Å²) in [6.07, 6.45) is 0. The smallest absolute Gasteiger partial charge is 0.289 e. The fourth-order valence-corrected chi connectivity index (χ4v) is 4.02. The van der Waals surface area contributed by atoms with Crippen LogP contribution in [0.15, 0.2) is 33.4 Å². The maximum Gasteiger partial charge on any atom is 0.289 e. The molecule has 0 saturated carbocycles. The number of anilines is 1. The van der Waals surface area contributed by atoms with Gasteiger partial charge in [-0.2, -0.15) is 11.3 Å². The van der Waals surface area contributed by atoms with Crippen LogP contribution in [0.4, 0.5) is 5.69 Å². The van der Waals surface area contributed by atoms with Crippen LogP contribution in [0.3, 0.4) is 0 Å². The first-order chi connectivity index (χ1) is 10.6. The number of aryl methyl sites for hydroxylation is 1. The summed E-state index contributed by atoms with van der Waals surface area (Å²) in [7, 11) is 0. The Morgan fingerprint density at radius 1 is 1.27 bits per heavy atom. The Kier molecular flexibility index (Phi) is 3.07. The second kappa shape index (κ2) is 4.98. The monoisotopic (exact) mass is 316 g/mol. The zero-order chi connectivity index (χ0) is 15.3. The number of rotatable bonds is 2. The number of carbonyl (C=O) groups is 2. The predicted octanol–water partition coefficient (Wildman–Crippen LogP) is 2.38. The van der Waals surface area contributed by atoms with E-state index in [0.717, 1.165) is 11.4 Å². The molecule has 4 rings (SSSR count). The van der Waals surface area contributed by atoms with Gasteiger partial charge in [0, 0.05) is 30.9 Å². The maximum absolute atomic E-state index is 12.6. The van der Waals surface area contributed by atoms with Crippen LogP contribution in [0.1, 0.15) is 16.3 Å². The summed E-state index contributed by atoms with van der Waals surface area (Å²) in [5.74, 6) is 1.24. The van der Waals surface area contributed by atoms with Gasteiger partial charge < -0.3 is 14.2 Å². The fraction of sp³-hybridized carbons (Fsp3) is 0.375. The van der Waals surface area contributed by atoms with Gasteiger partial charge >= 0.3 is 0 Å². The first-order valence-electron chi connectivity index (χ1n) is 7.33. The van der Waals surface area contributed by atoms with Crippen molar-refractivity contribution in [1.29, 1.82) is 0 Å². The Hall–Kier alpha value is -2.08. The molecule has 0 spiro atoms. The minimum atomic E-state index is -0.114. The van der Waals surface area contributed by atoms with E-state index >= 15 is 0 Å². The fourth-order valence-electron chi connectivity index (χ4n) is 3.38. The Morgan fingerprint density at radius 3 is 2.77 bits per heavy atom. The summed E-state index contributed by atoms with van der Waals surface area (Å²) in [4.78, 5) is 28.6. The molecule has 114 valence electrons. The molecule has 4 heterocycles. The molecule has 2 amide bonds. The highest BCUT2D eigenvalue weighted by molar-refractivity contribution is 7.08. The van der Waals surface area contributed by atoms with Gasteiger partial charge in [-0.1, -0.05) is 0 Å². The summed E-state index contributed by atoms with van der Waals surface area (Å²) in [5, 5.41) is 3.97. The molecule has 6 heteroatoms. The van der Waals surface area contributed by atoms with Crippen molar-refractivity contribution in [3.8, 4) is 0 Å². The Morgan fingerprint density at radius 2 is 2.14 bits per heavy atom. The highest BCUT2D eigenvalue weighted by Gasteiger charge is 2.48. The SMILES string of the molecule is Cc1ccc(C(=O)N2C[C@@H]3CN(c4ccsc4)C(=O)[C@@H]3C2)o1. The topological polar surface area (TPSA) is 53.8 Å². The second-order valence-electron chi connectivity index (χ2n) is 5.92. The maximum atomic E-state index is 12.6. The number of thiophene rings is 1. The van der Waals surface area contributed by atoms with Gasteiger partial charge in [-0.25, -0.2) is 0 Å². The molecule has 2 aromatic heterocycles. The van der Waals surface area contributed by atoms with Crippen LogP contribution in [-0.2, 0) is 4.79 Å². The van der Waals surface area contributed by atoms with Crippen LogP contribution in [0.25, 0.3) is 0 Å². The van der Waals surface area contributed by atoms with Crippen LogP contribution in [0.2, 0.25) is 0 Å². The first kappa shape index (κ1) is 13.6. The quantitative estimate of drug-likeness (QED) is 0.855. The first-order valence-corrected chi connectivity index (χ1v) is 8.27. The van der Waals surface area contributed by atoms with Crippen molar-refractivity contribution in [2.24, 2.45) is 11.8 Å². The van der Waals surface area contributed by atoms with Gasteiger partial charge in [0.05, 0.1) is 11.6 Å². The lowest BCUT2D eigenvalue weighted by atomic mass is 10.0. The van der Waals surface area contributed by atoms with Crippen LogP contribution in [-0.4, -0.2) is 36.3 Å². The van der Waals surface area contributed by atoms with Gasteiger partial charge in [-0.15, -0.1) is 0 Å². The van der Waals surface area contributed by atoms with Crippen molar-refractivity contribution < 1.29 is 14.0 Å². The van der Waals surface area contributed by atoms with Crippen molar-refractivity contribution in [1.82, 2.24) is 4.90 Å². The minimum absolute atomic E-state index is 0.0834. The average molecular weight is 316 g/mol. The number of hydrogen-bond acceptors (Lipinski definition) is 4. The zero-order valence-electron chi connectivity index (χ0n) is 12.2. The third-order valence-corrected chi connectivity index (χ3v) is 5.17. The molecule has 2 saturated heterocycles. The lowest BCUT2D eigenvalue weighted by Gasteiger charge is -2.20. The summed E-state index contributed by atoms with van der Waals surface area (Å²) in [5.41, 5.74) is 0.976. The van der Waals surface area contributed by atoms with Crippen LogP contribution in [0, 0.1) is 18.8 Å². The highest BCUT2D eigenvalue weighted by Crippen LogP contribution is 2.36. The molecular weight excluding hydrogens is 300 g/mol. The Bertz CT molecular complexity index is 722. The predicted molar refractivity (Wildman–Crippen MR) is 83.0 cm³/mol. The standard InChI is InChI=1S/C16H16N2O3S/c1-10-2-3-14(21-10)16(20)17-6-11-7-18(12-4-5-22-9-12)15(19)13(11)8-17/h2-5,9,11,13H,6-8H2,1H3/t11-,13-/m1/s1. The van der Waals surface area contributed by atoms with Gasteiger partial charge in [0.2, 0.25) is 5.91 Å². The molecule has 2 aliphatic rings. The summed E-state index contributed by atoms with van der Waals surface area (Å²) in [6, 6.07) is 5.46. The molecule has 0 aliphatic carbocycles. The number of furan rings is 1. The molecule has 0 radical (unpaired) electrons. The Balaban J connectivity index is 1.49. The molecule has 2 fully saturated rings. The third-order valence-electron chi connectivity index (χ3n) is 4.50. The van der Waals surface area contributed by atoms with E-state index in [0.29, 0.717) is 25.4 Å². The van der Waals surface area contributed by atoms with E-state index in [-0.39, 0.29) is 23.7 Å². The number of carbonyl (C=O) groups excluding carboxylic acids is 2.